The molecule has 3 saturated heterocycles. The quantitative estimate of drug-likeness (QED) is 0.239. The Morgan fingerprint density at radius 2 is 1.81 bits per heavy atom. The van der Waals surface area contributed by atoms with Gasteiger partial charge >= 0.3 is 18.1 Å². The van der Waals surface area contributed by atoms with Crippen molar-refractivity contribution in [3.63, 3.8) is 0 Å². The van der Waals surface area contributed by atoms with Crippen LogP contribution in [-0.4, -0.2) is 76.8 Å². The lowest BCUT2D eigenvalue weighted by Gasteiger charge is -2.51. The number of allylic oxidation sites excluding steroid dienone is 2. The van der Waals surface area contributed by atoms with E-state index >= 15 is 0 Å². The standard InChI is InChI=1S/C42H53F3O9/c1-7-23(2)35-26(5)17-18-40(54-35)21-32-20-31(53-40)16-11-25(4)34(46)24(3)9-8-10-30-22-50-37-36(27(6)19-33(39(48)51-32)41(30,37)49)52-38(47)28-12-14-29(15-13-28)42(43,44)45/h8-15,19,23-24,26,31-37,46,49H,7,16-18,20-22H2,1-6H3/b9-8+,25-11+,30-10+/t23-,24-,26-,31+,32-,33-,34-,35+,36+,37+,40+,41+/m0/s1. The van der Waals surface area contributed by atoms with Crippen LogP contribution >= 0.6 is 0 Å². The number of carbonyl (C=O) groups is 2. The minimum absolute atomic E-state index is 0.0422. The number of hydrogen-bond donors (Lipinski definition) is 2. The van der Waals surface area contributed by atoms with E-state index in [4.69, 9.17) is 23.7 Å². The molecule has 2 bridgehead atoms. The maximum Gasteiger partial charge on any atom is 0.416 e. The molecule has 1 aromatic rings. The molecule has 1 aliphatic carbocycles. The van der Waals surface area contributed by atoms with Gasteiger partial charge in [-0.1, -0.05) is 64.5 Å². The Kier molecular flexibility index (Phi) is 11.7. The predicted molar refractivity (Wildman–Crippen MR) is 193 cm³/mol. The van der Waals surface area contributed by atoms with Crippen LogP contribution in [0.3, 0.4) is 0 Å². The summed E-state index contributed by atoms with van der Waals surface area (Å²) in [5.74, 6) is -3.52. The van der Waals surface area contributed by atoms with Crippen LogP contribution in [0.1, 0.15) is 96.0 Å². The maximum absolute atomic E-state index is 14.4. The van der Waals surface area contributed by atoms with Crippen LogP contribution in [0.2, 0.25) is 0 Å². The van der Waals surface area contributed by atoms with Gasteiger partial charge in [0.05, 0.1) is 36.0 Å². The summed E-state index contributed by atoms with van der Waals surface area (Å²) in [4.78, 5) is 27.7. The molecule has 12 atom stereocenters. The number of alkyl halides is 3. The first-order valence-electron chi connectivity index (χ1n) is 19.1. The fourth-order valence-corrected chi connectivity index (χ4v) is 8.67. The van der Waals surface area contributed by atoms with Crippen molar-refractivity contribution in [2.75, 3.05) is 6.61 Å². The Morgan fingerprint density at radius 1 is 1.09 bits per heavy atom. The molecule has 296 valence electrons. The summed E-state index contributed by atoms with van der Waals surface area (Å²) in [7, 11) is 0. The number of aliphatic hydroxyl groups excluding tert-OH is 1. The van der Waals surface area contributed by atoms with Crippen molar-refractivity contribution in [3.8, 4) is 0 Å². The average Bonchev–Trinajstić information content (AvgIpc) is 3.47. The Labute approximate surface area is 315 Å². The molecule has 4 heterocycles. The first kappa shape index (κ1) is 40.4. The normalized spacial score (nSPS) is 40.6. The lowest BCUT2D eigenvalue weighted by molar-refractivity contribution is -0.340. The number of esters is 2. The lowest BCUT2D eigenvalue weighted by atomic mass is 9.70. The molecular formula is C42H53F3O9. The van der Waals surface area contributed by atoms with Crippen LogP contribution in [0.15, 0.2) is 71.4 Å². The van der Waals surface area contributed by atoms with Crippen LogP contribution < -0.4 is 0 Å². The highest BCUT2D eigenvalue weighted by atomic mass is 19.4. The maximum atomic E-state index is 14.4. The number of ether oxygens (including phenoxy) is 5. The SMILES string of the molecule is CC[C@H](C)[C@H]1O[C@]2(CC[C@@H]1C)C[C@@H]1C[C@@H](C/C=C(\C)[C@@H](O)[C@@H](C)/C=C/C=C3\CO[C@@H]4[C@H](OC(=O)c5ccc(C(F)(F)F)cc5)C(C)=C[C@@H](C(=O)O1)[C@]34O)O2. The van der Waals surface area contributed by atoms with Crippen molar-refractivity contribution in [1.82, 2.24) is 0 Å². The zero-order valence-electron chi connectivity index (χ0n) is 31.8. The Morgan fingerprint density at radius 3 is 2.50 bits per heavy atom. The second-order valence-electron chi connectivity index (χ2n) is 16.0. The van der Waals surface area contributed by atoms with Crippen molar-refractivity contribution in [3.05, 3.63) is 82.5 Å². The number of carbonyl (C=O) groups excluding carboxylic acids is 2. The molecule has 1 spiro atoms. The van der Waals surface area contributed by atoms with E-state index in [2.05, 4.69) is 20.8 Å². The van der Waals surface area contributed by atoms with Crippen LogP contribution in [0, 0.1) is 23.7 Å². The molecule has 1 aromatic carbocycles. The van der Waals surface area contributed by atoms with Crippen LogP contribution in [-0.2, 0) is 34.7 Å². The van der Waals surface area contributed by atoms with E-state index in [0.717, 1.165) is 42.7 Å². The zero-order valence-corrected chi connectivity index (χ0v) is 31.8. The number of aliphatic hydroxyl groups is 2. The van der Waals surface area contributed by atoms with Crippen LogP contribution in [0.5, 0.6) is 0 Å². The van der Waals surface area contributed by atoms with Gasteiger partial charge in [-0.05, 0) is 79.5 Å². The molecular weight excluding hydrogens is 705 g/mol. The number of halogens is 3. The van der Waals surface area contributed by atoms with Gasteiger partial charge in [0.25, 0.3) is 0 Å². The van der Waals surface area contributed by atoms with Crippen molar-refractivity contribution in [2.24, 2.45) is 23.7 Å². The number of benzene rings is 1. The molecule has 3 fully saturated rings. The molecule has 12 heteroatoms. The minimum atomic E-state index is -4.58. The second kappa shape index (κ2) is 15.7. The van der Waals surface area contributed by atoms with Gasteiger partial charge in [0.15, 0.2) is 11.9 Å². The van der Waals surface area contributed by atoms with Gasteiger partial charge in [-0.15, -0.1) is 0 Å². The summed E-state index contributed by atoms with van der Waals surface area (Å²) in [6.45, 7) is 11.8. The summed E-state index contributed by atoms with van der Waals surface area (Å²) in [5, 5.41) is 23.9. The largest absolute Gasteiger partial charge is 0.462 e. The third-order valence-electron chi connectivity index (χ3n) is 12.1. The van der Waals surface area contributed by atoms with Gasteiger partial charge in [-0.2, -0.15) is 13.2 Å². The fraction of sp³-hybridized carbons (Fsp3) is 0.619. The summed E-state index contributed by atoms with van der Waals surface area (Å²) in [6, 6.07) is 3.65. The van der Waals surface area contributed by atoms with Gasteiger partial charge < -0.3 is 33.9 Å². The molecule has 0 aromatic heterocycles. The van der Waals surface area contributed by atoms with Gasteiger partial charge in [-0.3, -0.25) is 4.79 Å². The Hall–Kier alpha value is -3.29. The summed E-state index contributed by atoms with van der Waals surface area (Å²) >= 11 is 0. The molecule has 6 rings (SSSR count). The molecule has 54 heavy (non-hydrogen) atoms. The number of fused-ring (bicyclic) bond motifs is 2. The number of rotatable bonds is 4. The van der Waals surface area contributed by atoms with Crippen molar-refractivity contribution >= 4 is 11.9 Å². The highest BCUT2D eigenvalue weighted by Crippen LogP contribution is 2.48. The zero-order chi connectivity index (χ0) is 39.2. The summed E-state index contributed by atoms with van der Waals surface area (Å²) in [6.07, 6.45) is 3.42. The molecule has 4 aliphatic heterocycles. The Bertz CT molecular complexity index is 1680. The van der Waals surface area contributed by atoms with Crippen molar-refractivity contribution in [1.29, 1.82) is 0 Å². The monoisotopic (exact) mass is 758 g/mol. The summed E-state index contributed by atoms with van der Waals surface area (Å²) < 4.78 is 71.4. The molecule has 5 aliphatic rings. The fourth-order valence-electron chi connectivity index (χ4n) is 8.67. The summed E-state index contributed by atoms with van der Waals surface area (Å²) in [5.41, 5.74) is -1.51. The molecule has 2 N–H and O–H groups in total. The number of hydrogen-bond acceptors (Lipinski definition) is 9. The van der Waals surface area contributed by atoms with E-state index in [1.165, 1.54) is 6.08 Å². The van der Waals surface area contributed by atoms with E-state index in [-0.39, 0.29) is 36.2 Å². The first-order chi connectivity index (χ1) is 25.5. The van der Waals surface area contributed by atoms with Gasteiger partial charge in [-0.25, -0.2) is 4.79 Å². The first-order valence-corrected chi connectivity index (χ1v) is 19.1. The topological polar surface area (TPSA) is 121 Å². The van der Waals surface area contributed by atoms with E-state index < -0.39 is 65.4 Å². The molecule has 0 saturated carbocycles. The van der Waals surface area contributed by atoms with Crippen molar-refractivity contribution in [2.45, 2.75) is 134 Å². The highest BCUT2D eigenvalue weighted by Gasteiger charge is 2.61. The average molecular weight is 759 g/mol. The van der Waals surface area contributed by atoms with Gasteiger partial charge in [0.1, 0.15) is 23.7 Å². The highest BCUT2D eigenvalue weighted by molar-refractivity contribution is 5.90. The Balaban J connectivity index is 1.35. The van der Waals surface area contributed by atoms with Crippen molar-refractivity contribution < 1.29 is 56.7 Å². The van der Waals surface area contributed by atoms with E-state index in [1.54, 1.807) is 25.2 Å². The van der Waals surface area contributed by atoms with Gasteiger partial charge in [0.2, 0.25) is 0 Å². The molecule has 0 radical (unpaired) electrons. The van der Waals surface area contributed by atoms with Gasteiger partial charge in [0, 0.05) is 25.2 Å². The third-order valence-corrected chi connectivity index (χ3v) is 12.1. The lowest BCUT2D eigenvalue weighted by Crippen LogP contribution is -2.59. The minimum Gasteiger partial charge on any atom is -0.462 e. The predicted octanol–water partition coefficient (Wildman–Crippen LogP) is 7.41. The smallest absolute Gasteiger partial charge is 0.416 e. The van der Waals surface area contributed by atoms with E-state index in [0.29, 0.717) is 42.7 Å². The molecule has 0 unspecified atom stereocenters. The van der Waals surface area contributed by atoms with E-state index in [1.807, 2.05) is 19.9 Å². The molecule has 9 nitrogen and oxygen atoms in total. The van der Waals surface area contributed by atoms with E-state index in [9.17, 15) is 33.0 Å². The van der Waals surface area contributed by atoms with Crippen LogP contribution in [0.25, 0.3) is 0 Å². The van der Waals surface area contributed by atoms with Crippen LogP contribution in [0.4, 0.5) is 13.2 Å². The third kappa shape index (κ3) is 8.00. The molecule has 0 amide bonds. The second-order valence-corrected chi connectivity index (χ2v) is 16.0.